The lowest BCUT2D eigenvalue weighted by molar-refractivity contribution is 0.223. The van der Waals surface area contributed by atoms with Gasteiger partial charge in [0.25, 0.3) is 0 Å². The summed E-state index contributed by atoms with van der Waals surface area (Å²) in [4.78, 5) is 4.22. The second kappa shape index (κ2) is 8.64. The van der Waals surface area contributed by atoms with Crippen molar-refractivity contribution in [1.82, 2.24) is 25.4 Å². The first-order valence-electron chi connectivity index (χ1n) is 8.93. The van der Waals surface area contributed by atoms with E-state index in [0.717, 1.165) is 24.6 Å². The van der Waals surface area contributed by atoms with Crippen LogP contribution in [0.25, 0.3) is 0 Å². The van der Waals surface area contributed by atoms with Crippen LogP contribution in [0.5, 0.6) is 5.75 Å². The molecule has 8 heteroatoms. The van der Waals surface area contributed by atoms with Gasteiger partial charge in [-0.15, -0.1) is 10.2 Å². The molecule has 0 aliphatic carbocycles. The van der Waals surface area contributed by atoms with Gasteiger partial charge in [-0.25, -0.2) is 4.39 Å². The van der Waals surface area contributed by atoms with Gasteiger partial charge in [-0.1, -0.05) is 0 Å². The molecular formula is C18H25FN6O. The van der Waals surface area contributed by atoms with Crippen LogP contribution in [0, 0.1) is 5.82 Å². The van der Waals surface area contributed by atoms with Crippen LogP contribution in [0.15, 0.2) is 29.3 Å². The Kier molecular flexibility index (Phi) is 6.04. The monoisotopic (exact) mass is 360 g/mol. The highest BCUT2D eigenvalue weighted by atomic mass is 19.1. The van der Waals surface area contributed by atoms with Crippen molar-refractivity contribution in [3.63, 3.8) is 0 Å². The van der Waals surface area contributed by atoms with E-state index in [-0.39, 0.29) is 11.9 Å². The lowest BCUT2D eigenvalue weighted by Crippen LogP contribution is -2.41. The Hall–Kier alpha value is -2.64. The Balaban J connectivity index is 1.46. The average molecular weight is 360 g/mol. The third kappa shape index (κ3) is 4.71. The van der Waals surface area contributed by atoms with Crippen LogP contribution in [0.3, 0.4) is 0 Å². The molecule has 7 nitrogen and oxygen atoms in total. The van der Waals surface area contributed by atoms with Crippen molar-refractivity contribution in [3.05, 3.63) is 41.7 Å². The molecule has 0 bridgehead atoms. The largest absolute Gasteiger partial charge is 0.489 e. The molecule has 2 aromatic rings. The lowest BCUT2D eigenvalue weighted by Gasteiger charge is -2.18. The van der Waals surface area contributed by atoms with E-state index in [1.54, 1.807) is 19.2 Å². The average Bonchev–Trinajstić information content (AvgIpc) is 3.07. The number of aryl methyl sites for hydroxylation is 1. The molecule has 0 amide bonds. The number of fused-ring (bicyclic) bond motifs is 1. The van der Waals surface area contributed by atoms with Gasteiger partial charge in [-0.05, 0) is 44.0 Å². The molecule has 2 N–H and O–H groups in total. The third-order valence-electron chi connectivity index (χ3n) is 4.28. The van der Waals surface area contributed by atoms with Gasteiger partial charge in [0.1, 0.15) is 23.5 Å². The smallest absolute Gasteiger partial charge is 0.191 e. The summed E-state index contributed by atoms with van der Waals surface area (Å²) in [5.41, 5.74) is 0. The topological polar surface area (TPSA) is 76.4 Å². The minimum Gasteiger partial charge on any atom is -0.489 e. The van der Waals surface area contributed by atoms with Crippen molar-refractivity contribution < 1.29 is 9.13 Å². The molecule has 0 saturated heterocycles. The van der Waals surface area contributed by atoms with Crippen molar-refractivity contribution in [2.75, 3.05) is 13.6 Å². The molecule has 1 aliphatic rings. The summed E-state index contributed by atoms with van der Waals surface area (Å²) in [5.74, 6) is 3.03. The number of benzene rings is 1. The quantitative estimate of drug-likeness (QED) is 0.608. The Bertz CT molecular complexity index is 743. The van der Waals surface area contributed by atoms with Crippen LogP contribution in [-0.4, -0.2) is 40.4 Å². The molecule has 140 valence electrons. The maximum Gasteiger partial charge on any atom is 0.191 e. The summed E-state index contributed by atoms with van der Waals surface area (Å²) in [6, 6.07) is 6.01. The summed E-state index contributed by atoms with van der Waals surface area (Å²) in [5, 5.41) is 15.0. The van der Waals surface area contributed by atoms with Crippen LogP contribution in [0.1, 0.15) is 31.4 Å². The normalized spacial score (nSPS) is 15.3. The zero-order valence-electron chi connectivity index (χ0n) is 15.2. The van der Waals surface area contributed by atoms with Crippen molar-refractivity contribution in [2.24, 2.45) is 4.99 Å². The fraction of sp³-hybridized carbons (Fsp3) is 0.500. The second-order valence-corrected chi connectivity index (χ2v) is 6.33. The standard InChI is InChI=1S/C18H25FN6O/c1-13(26-15-8-6-14(19)7-9-15)11-21-18(20-2)22-12-17-24-23-16-5-3-4-10-25(16)17/h6-9,13H,3-5,10-12H2,1-2H3,(H2,20,21,22). The first-order valence-corrected chi connectivity index (χ1v) is 8.93. The molecule has 0 radical (unpaired) electrons. The van der Waals surface area contributed by atoms with Crippen molar-refractivity contribution in [3.8, 4) is 5.75 Å². The SMILES string of the molecule is CN=C(NCc1nnc2n1CCCC2)NCC(C)Oc1ccc(F)cc1. The van der Waals surface area contributed by atoms with Crippen molar-refractivity contribution in [1.29, 1.82) is 0 Å². The highest BCUT2D eigenvalue weighted by Gasteiger charge is 2.15. The van der Waals surface area contributed by atoms with E-state index in [2.05, 4.69) is 30.4 Å². The van der Waals surface area contributed by atoms with Gasteiger partial charge in [-0.3, -0.25) is 4.99 Å². The maximum absolute atomic E-state index is 12.9. The van der Waals surface area contributed by atoms with Crippen LogP contribution < -0.4 is 15.4 Å². The van der Waals surface area contributed by atoms with Crippen LogP contribution in [0.4, 0.5) is 4.39 Å². The molecule has 1 atom stereocenters. The number of rotatable bonds is 6. The maximum atomic E-state index is 12.9. The van der Waals surface area contributed by atoms with Gasteiger partial charge in [0.15, 0.2) is 11.8 Å². The number of nitrogens with zero attached hydrogens (tertiary/aromatic N) is 4. The minimum atomic E-state index is -0.275. The molecule has 3 rings (SSSR count). The minimum absolute atomic E-state index is 0.0973. The highest BCUT2D eigenvalue weighted by molar-refractivity contribution is 5.79. The number of hydrogen-bond donors (Lipinski definition) is 2. The fourth-order valence-corrected chi connectivity index (χ4v) is 2.91. The molecule has 1 unspecified atom stereocenters. The zero-order chi connectivity index (χ0) is 18.4. The lowest BCUT2D eigenvalue weighted by atomic mass is 10.2. The predicted molar refractivity (Wildman–Crippen MR) is 97.7 cm³/mol. The predicted octanol–water partition coefficient (Wildman–Crippen LogP) is 1.89. The summed E-state index contributed by atoms with van der Waals surface area (Å²) < 4.78 is 20.9. The van der Waals surface area contributed by atoms with Crippen LogP contribution in [0.2, 0.25) is 0 Å². The zero-order valence-corrected chi connectivity index (χ0v) is 15.2. The third-order valence-corrected chi connectivity index (χ3v) is 4.28. The Morgan fingerprint density at radius 3 is 2.85 bits per heavy atom. The van der Waals surface area contributed by atoms with Gasteiger partial charge in [0, 0.05) is 20.0 Å². The Morgan fingerprint density at radius 2 is 2.08 bits per heavy atom. The fourth-order valence-electron chi connectivity index (χ4n) is 2.91. The molecular weight excluding hydrogens is 335 g/mol. The Labute approximate surface area is 152 Å². The summed E-state index contributed by atoms with van der Waals surface area (Å²) in [7, 11) is 1.72. The van der Waals surface area contributed by atoms with Gasteiger partial charge in [-0.2, -0.15) is 0 Å². The van der Waals surface area contributed by atoms with Crippen molar-refractivity contribution >= 4 is 5.96 Å². The number of aliphatic imine (C=N–C) groups is 1. The number of hydrogen-bond acceptors (Lipinski definition) is 4. The molecule has 1 aromatic heterocycles. The van der Waals surface area contributed by atoms with Gasteiger partial charge in [0.05, 0.1) is 13.1 Å². The molecule has 1 aromatic carbocycles. The van der Waals surface area contributed by atoms with Crippen LogP contribution >= 0.6 is 0 Å². The van der Waals surface area contributed by atoms with Crippen LogP contribution in [-0.2, 0) is 19.5 Å². The second-order valence-electron chi connectivity index (χ2n) is 6.33. The summed E-state index contributed by atoms with van der Waals surface area (Å²) in [6.07, 6.45) is 3.25. The van der Waals surface area contributed by atoms with E-state index in [4.69, 9.17) is 4.74 Å². The van der Waals surface area contributed by atoms with E-state index >= 15 is 0 Å². The molecule has 0 spiro atoms. The number of halogens is 1. The molecule has 26 heavy (non-hydrogen) atoms. The molecule has 0 fully saturated rings. The summed E-state index contributed by atoms with van der Waals surface area (Å²) >= 11 is 0. The first-order chi connectivity index (χ1) is 12.7. The molecule has 0 saturated carbocycles. The van der Waals surface area contributed by atoms with E-state index in [1.165, 1.54) is 25.0 Å². The number of nitrogens with one attached hydrogen (secondary N) is 2. The summed E-state index contributed by atoms with van der Waals surface area (Å²) in [6.45, 7) is 4.06. The van der Waals surface area contributed by atoms with E-state index in [1.807, 2.05) is 6.92 Å². The number of aromatic nitrogens is 3. The number of guanidine groups is 1. The molecule has 1 aliphatic heterocycles. The van der Waals surface area contributed by atoms with E-state index < -0.39 is 0 Å². The van der Waals surface area contributed by atoms with E-state index in [0.29, 0.717) is 24.8 Å². The first kappa shape index (κ1) is 18.2. The van der Waals surface area contributed by atoms with Gasteiger partial charge < -0.3 is 19.9 Å². The van der Waals surface area contributed by atoms with E-state index in [9.17, 15) is 4.39 Å². The van der Waals surface area contributed by atoms with Crippen molar-refractivity contribution in [2.45, 2.75) is 45.4 Å². The molecule has 2 heterocycles. The number of ether oxygens (including phenoxy) is 1. The van der Waals surface area contributed by atoms with Gasteiger partial charge >= 0.3 is 0 Å². The Morgan fingerprint density at radius 1 is 1.27 bits per heavy atom. The highest BCUT2D eigenvalue weighted by Crippen LogP contribution is 2.14. The van der Waals surface area contributed by atoms with Gasteiger partial charge in [0.2, 0.25) is 0 Å².